The van der Waals surface area contributed by atoms with Gasteiger partial charge >= 0.3 is 0 Å². The van der Waals surface area contributed by atoms with Gasteiger partial charge in [-0.15, -0.1) is 0 Å². The van der Waals surface area contributed by atoms with Gasteiger partial charge in [-0.1, -0.05) is 80.5 Å². The number of carbonyl (C=O) groups excluding carboxylic acids is 3. The third kappa shape index (κ3) is 7.83. The van der Waals surface area contributed by atoms with Crippen LogP contribution in [0, 0.1) is 46.6 Å². The number of allylic oxidation sites excluding steroid dienone is 2. The van der Waals surface area contributed by atoms with Crippen LogP contribution in [0.4, 0.5) is 14.5 Å². The average molecular weight is 875 g/mol. The largest absolute Gasteiger partial charge is 0.393 e. The molecule has 0 aromatic heterocycles. The Kier molecular flexibility index (Phi) is 12.0. The normalized spacial score (nSPS) is 34.1. The highest BCUT2D eigenvalue weighted by Gasteiger charge is 2.60. The quantitative estimate of drug-likeness (QED) is 0.191. The number of anilines is 1. The van der Waals surface area contributed by atoms with Crippen molar-refractivity contribution in [2.75, 3.05) is 18.5 Å². The summed E-state index contributed by atoms with van der Waals surface area (Å²) in [7, 11) is 1.65. The Morgan fingerprint density at radius 2 is 1.72 bits per heavy atom. The van der Waals surface area contributed by atoms with Gasteiger partial charge < -0.3 is 30.7 Å². The van der Waals surface area contributed by atoms with Gasteiger partial charge in [0.05, 0.1) is 29.9 Å². The lowest BCUT2D eigenvalue weighted by atomic mass is 9.56. The van der Waals surface area contributed by atoms with Crippen LogP contribution in [0.5, 0.6) is 0 Å². The monoisotopic (exact) mass is 874 g/mol. The summed E-state index contributed by atoms with van der Waals surface area (Å²) >= 11 is 0. The lowest BCUT2D eigenvalue weighted by Crippen LogP contribution is -2.49. The maximum atomic E-state index is 13.4. The molecule has 1 unspecified atom stereocenters. The fourth-order valence-electron chi connectivity index (χ4n) is 13.2. The van der Waals surface area contributed by atoms with Crippen LogP contribution in [0.15, 0.2) is 89.5 Å². The van der Waals surface area contributed by atoms with Crippen LogP contribution in [-0.4, -0.2) is 66.3 Å². The van der Waals surface area contributed by atoms with Gasteiger partial charge in [0.25, 0.3) is 5.91 Å². The molecule has 10 rings (SSSR count). The van der Waals surface area contributed by atoms with Crippen LogP contribution in [-0.2, 0) is 25.5 Å². The summed E-state index contributed by atoms with van der Waals surface area (Å²) in [5, 5.41) is 19.4. The minimum Gasteiger partial charge on any atom is -0.393 e. The number of carbonyl (C=O) groups is 3. The minimum atomic E-state index is -0.984. The fraction of sp³-hybridized carbons (Fsp3) is 0.528. The molecule has 4 N–H and O–H groups in total. The third-order valence-corrected chi connectivity index (χ3v) is 16.6. The number of aliphatic hydroxyl groups excluding tert-OH is 1. The summed E-state index contributed by atoms with van der Waals surface area (Å²) in [4.78, 5) is 40.1. The van der Waals surface area contributed by atoms with Gasteiger partial charge in [-0.2, -0.15) is 0 Å². The topological polar surface area (TPSA) is 120 Å². The van der Waals surface area contributed by atoms with Crippen molar-refractivity contribution in [3.8, 4) is 11.1 Å². The number of nitrogens with zero attached hydrogens (tertiary/aromatic N) is 1. The third-order valence-electron chi connectivity index (χ3n) is 16.6. The van der Waals surface area contributed by atoms with E-state index in [9.17, 15) is 28.3 Å². The molecule has 9 nitrogen and oxygen atoms in total. The van der Waals surface area contributed by atoms with E-state index in [-0.39, 0.29) is 29.6 Å². The van der Waals surface area contributed by atoms with Crippen molar-refractivity contribution in [1.82, 2.24) is 16.0 Å². The molecule has 1 spiro atoms. The van der Waals surface area contributed by atoms with E-state index < -0.39 is 35.5 Å². The van der Waals surface area contributed by atoms with Crippen LogP contribution in [0.1, 0.15) is 103 Å². The van der Waals surface area contributed by atoms with Crippen molar-refractivity contribution in [3.63, 3.8) is 0 Å². The lowest BCUT2D eigenvalue weighted by molar-refractivity contribution is -0.130. The first-order valence-corrected chi connectivity index (χ1v) is 23.6. The number of amides is 3. The number of hydrogen-bond acceptors (Lipinski definition) is 6. The number of aliphatic hydroxyl groups is 1. The first-order valence-electron chi connectivity index (χ1n) is 23.6. The van der Waals surface area contributed by atoms with E-state index in [1.807, 2.05) is 36.4 Å². The van der Waals surface area contributed by atoms with Crippen LogP contribution in [0.25, 0.3) is 11.1 Å². The Hall–Kier alpha value is -4.71. The zero-order valence-electron chi connectivity index (χ0n) is 38.1. The zero-order valence-corrected chi connectivity index (χ0v) is 38.1. The number of piperidine rings is 1. The molecule has 2 saturated heterocycles. The number of rotatable bonds is 5. The van der Waals surface area contributed by atoms with Gasteiger partial charge in [-0.25, -0.2) is 8.78 Å². The molecule has 340 valence electrons. The molecular formula is C53H64F2N4O5. The predicted octanol–water partition coefficient (Wildman–Crippen LogP) is 8.51. The molecule has 2 saturated carbocycles. The molecule has 12 atom stereocenters. The van der Waals surface area contributed by atoms with E-state index in [0.717, 1.165) is 72.0 Å². The van der Waals surface area contributed by atoms with E-state index in [2.05, 4.69) is 49.7 Å². The first kappa shape index (κ1) is 44.5. The Morgan fingerprint density at radius 1 is 1.00 bits per heavy atom. The van der Waals surface area contributed by atoms with E-state index in [0.29, 0.717) is 35.1 Å². The molecule has 3 heterocycles. The Labute approximate surface area is 376 Å². The van der Waals surface area contributed by atoms with E-state index in [1.165, 1.54) is 50.3 Å². The molecule has 3 aromatic carbocycles. The van der Waals surface area contributed by atoms with E-state index in [1.54, 1.807) is 35.9 Å². The molecule has 4 aliphatic carbocycles. The predicted molar refractivity (Wildman–Crippen MR) is 244 cm³/mol. The standard InChI is InChI=1S/C27H41NO2.C26H23F2N3O3/c1-15-11-24-25(28-14-15)17(3)27(30-24)10-8-20-21-6-5-18-12-19(29)7-9-26(18,4)23(21)13-22(20)16(27)2;1-15(29-23(32)13-16-11-17(27)14-18(28)12-16)25(33)30-24-21-9-4-3-7-19(21)20-8-5-6-10-22(20)31(2)26(24)34/h5,15,17,19-21,23-25,28-29H,6-14H2,1-4H3;3-12,14-15,24H,13H2,1-2H3,(H,29,32)(H,30,33)/t15-,17+,19-,20-,21-,23-,24+,25-,26-,27-;15-,24?/m00/s1. The van der Waals surface area contributed by atoms with Crippen molar-refractivity contribution < 1.29 is 33.0 Å². The highest BCUT2D eigenvalue weighted by molar-refractivity contribution is 6.06. The van der Waals surface area contributed by atoms with Crippen molar-refractivity contribution >= 4 is 23.4 Å². The highest BCUT2D eigenvalue weighted by Crippen LogP contribution is 2.65. The number of para-hydroxylation sites is 1. The minimum absolute atomic E-state index is 0.0222. The Balaban J connectivity index is 0.000000163. The van der Waals surface area contributed by atoms with Gasteiger partial charge in [0.15, 0.2) is 0 Å². The lowest BCUT2D eigenvalue weighted by Gasteiger charge is -2.49. The number of hydrogen-bond donors (Lipinski definition) is 4. The fourth-order valence-corrected chi connectivity index (χ4v) is 13.2. The highest BCUT2D eigenvalue weighted by atomic mass is 19.1. The Morgan fingerprint density at radius 3 is 2.48 bits per heavy atom. The van der Waals surface area contributed by atoms with Crippen LogP contribution >= 0.6 is 0 Å². The maximum absolute atomic E-state index is 13.4. The molecule has 4 fully saturated rings. The number of halogens is 2. The first-order chi connectivity index (χ1) is 30.6. The van der Waals surface area contributed by atoms with E-state index >= 15 is 0 Å². The smallest absolute Gasteiger partial charge is 0.253 e. The second kappa shape index (κ2) is 17.3. The molecular weight excluding hydrogens is 811 g/mol. The van der Waals surface area contributed by atoms with Crippen LogP contribution < -0.4 is 20.9 Å². The zero-order chi connectivity index (χ0) is 45.2. The van der Waals surface area contributed by atoms with Gasteiger partial charge in [-0.05, 0) is 141 Å². The molecule has 64 heavy (non-hydrogen) atoms. The number of likely N-dealkylation sites (N-methyl/N-ethyl adjacent to an activating group) is 1. The van der Waals surface area contributed by atoms with Gasteiger partial charge in [0.1, 0.15) is 23.7 Å². The summed E-state index contributed by atoms with van der Waals surface area (Å²) in [6.45, 7) is 12.4. The maximum Gasteiger partial charge on any atom is 0.253 e. The van der Waals surface area contributed by atoms with Crippen LogP contribution in [0.2, 0.25) is 0 Å². The van der Waals surface area contributed by atoms with Gasteiger partial charge in [-0.3, -0.25) is 14.4 Å². The Bertz CT molecular complexity index is 2380. The number of ether oxygens (including phenoxy) is 1. The van der Waals surface area contributed by atoms with Crippen LogP contribution in [0.3, 0.4) is 0 Å². The van der Waals surface area contributed by atoms with Crippen molar-refractivity contribution in [1.29, 1.82) is 0 Å². The SMILES string of the molecule is CC1=C2C[C@H]3[C@@H](CC=C4C[C@@H](O)CC[C@@]43C)[C@@H]2CC[C@]12O[C@@H]1C[C@H](C)CN[C@H]1[C@H]2C.C[C@H](NC(=O)Cc1cc(F)cc(F)c1)C(=O)NC1C(=O)N(C)c2ccccc2-c2ccccc21. The molecule has 0 bridgehead atoms. The summed E-state index contributed by atoms with van der Waals surface area (Å²) in [5.41, 5.74) is 8.46. The van der Waals surface area contributed by atoms with Crippen molar-refractivity contribution in [2.24, 2.45) is 35.0 Å². The number of nitrogens with one attached hydrogen (secondary N) is 3. The molecule has 7 aliphatic rings. The molecule has 3 aliphatic heterocycles. The average Bonchev–Trinajstić information content (AvgIpc) is 3.76. The molecule has 11 heteroatoms. The molecule has 3 aromatic rings. The second-order valence-electron chi connectivity index (χ2n) is 20.3. The summed E-state index contributed by atoms with van der Waals surface area (Å²) in [6, 6.07) is 16.2. The number of fused-ring (bicyclic) bond motifs is 9. The van der Waals surface area contributed by atoms with Crippen molar-refractivity contribution in [3.05, 3.63) is 112 Å². The van der Waals surface area contributed by atoms with Gasteiger partial charge in [0, 0.05) is 30.6 Å². The molecule has 3 amide bonds. The summed E-state index contributed by atoms with van der Waals surface area (Å²) in [6.07, 6.45) is 11.9. The summed E-state index contributed by atoms with van der Waals surface area (Å²) in [5.74, 6) is 0.607. The summed E-state index contributed by atoms with van der Waals surface area (Å²) < 4.78 is 33.8. The second-order valence-corrected chi connectivity index (χ2v) is 20.3. The van der Waals surface area contributed by atoms with Gasteiger partial charge in [0.2, 0.25) is 11.8 Å². The van der Waals surface area contributed by atoms with Crippen molar-refractivity contribution in [2.45, 2.75) is 128 Å². The molecule has 0 radical (unpaired) electrons. The van der Waals surface area contributed by atoms with E-state index in [4.69, 9.17) is 4.74 Å². The number of benzene rings is 3.